The van der Waals surface area contributed by atoms with Crippen LogP contribution in [0.3, 0.4) is 0 Å². The fourth-order valence-electron chi connectivity index (χ4n) is 4.69. The topological polar surface area (TPSA) is 48.0 Å². The van der Waals surface area contributed by atoms with Crippen LogP contribution in [0.25, 0.3) is 21.2 Å². The molecular weight excluding hydrogens is 465 g/mol. The fraction of sp³-hybridized carbons (Fsp3) is 0.250. The maximum absolute atomic E-state index is 13.8. The third kappa shape index (κ3) is 4.37. The van der Waals surface area contributed by atoms with E-state index >= 15 is 0 Å². The van der Waals surface area contributed by atoms with Crippen molar-refractivity contribution in [3.8, 4) is 22.6 Å². The number of carbonyl (C=O) groups is 1. The van der Waals surface area contributed by atoms with Gasteiger partial charge in [0.2, 0.25) is 0 Å². The smallest absolute Gasteiger partial charge is 0.254 e. The maximum Gasteiger partial charge on any atom is 0.254 e. The molecule has 1 atom stereocenters. The van der Waals surface area contributed by atoms with Crippen molar-refractivity contribution in [3.63, 3.8) is 0 Å². The molecule has 0 radical (unpaired) electrons. The molecule has 5 nitrogen and oxygen atoms in total. The lowest BCUT2D eigenvalue weighted by molar-refractivity contribution is 0.0732. The number of hydrogen-bond acceptors (Lipinski definition) is 5. The van der Waals surface area contributed by atoms with Crippen molar-refractivity contribution in [1.82, 2.24) is 4.90 Å². The van der Waals surface area contributed by atoms with Crippen molar-refractivity contribution in [2.75, 3.05) is 26.4 Å². The first-order valence-electron chi connectivity index (χ1n) is 11.7. The summed E-state index contributed by atoms with van der Waals surface area (Å²) in [4.78, 5) is 14.9. The van der Waals surface area contributed by atoms with Crippen LogP contribution in [0, 0.1) is 5.82 Å². The highest BCUT2D eigenvalue weighted by molar-refractivity contribution is 7.17. The van der Waals surface area contributed by atoms with Crippen LogP contribution in [0.1, 0.15) is 22.3 Å². The third-order valence-electron chi connectivity index (χ3n) is 6.43. The van der Waals surface area contributed by atoms with Gasteiger partial charge in [0.1, 0.15) is 18.5 Å². The number of halogens is 1. The summed E-state index contributed by atoms with van der Waals surface area (Å²) < 4.78 is 33.0. The molecule has 1 saturated heterocycles. The first kappa shape index (κ1) is 22.1. The van der Waals surface area contributed by atoms with Crippen LogP contribution in [-0.2, 0) is 11.3 Å². The van der Waals surface area contributed by atoms with Crippen molar-refractivity contribution in [3.05, 3.63) is 83.0 Å². The van der Waals surface area contributed by atoms with Crippen molar-refractivity contribution in [2.45, 2.75) is 19.1 Å². The predicted octanol–water partition coefficient (Wildman–Crippen LogP) is 5.91. The number of carbonyl (C=O) groups excluding carboxylic acids is 1. The fourth-order valence-corrected chi connectivity index (χ4v) is 5.66. The Labute approximate surface area is 206 Å². The number of ether oxygens (including phenoxy) is 3. The summed E-state index contributed by atoms with van der Waals surface area (Å²) in [6.07, 6.45) is 0.787. The molecule has 35 heavy (non-hydrogen) atoms. The number of rotatable bonds is 4. The van der Waals surface area contributed by atoms with E-state index in [9.17, 15) is 9.18 Å². The second-order valence-corrected chi connectivity index (χ2v) is 9.71. The first-order valence-corrected chi connectivity index (χ1v) is 12.6. The monoisotopic (exact) mass is 489 g/mol. The van der Waals surface area contributed by atoms with Gasteiger partial charge in [0.25, 0.3) is 5.91 Å². The Morgan fingerprint density at radius 2 is 2.00 bits per heavy atom. The van der Waals surface area contributed by atoms with E-state index in [0.717, 1.165) is 23.1 Å². The molecule has 3 aromatic carbocycles. The van der Waals surface area contributed by atoms with Gasteiger partial charge in [0.05, 0.1) is 19.8 Å². The van der Waals surface area contributed by atoms with Crippen molar-refractivity contribution < 1.29 is 23.4 Å². The predicted molar refractivity (Wildman–Crippen MR) is 134 cm³/mol. The Morgan fingerprint density at radius 3 is 2.86 bits per heavy atom. The Kier molecular flexibility index (Phi) is 5.88. The lowest BCUT2D eigenvalue weighted by Gasteiger charge is -2.21. The van der Waals surface area contributed by atoms with Crippen LogP contribution in [0.2, 0.25) is 0 Å². The second-order valence-electron chi connectivity index (χ2n) is 8.80. The van der Waals surface area contributed by atoms with E-state index in [2.05, 4.69) is 23.6 Å². The van der Waals surface area contributed by atoms with Crippen LogP contribution in [0.5, 0.6) is 11.5 Å². The average Bonchev–Trinajstić information content (AvgIpc) is 3.49. The van der Waals surface area contributed by atoms with E-state index in [4.69, 9.17) is 14.2 Å². The summed E-state index contributed by atoms with van der Waals surface area (Å²) in [5, 5.41) is 3.33. The summed E-state index contributed by atoms with van der Waals surface area (Å²) in [5.74, 6) is 0.681. The Bertz CT molecular complexity index is 1390. The highest BCUT2D eigenvalue weighted by atomic mass is 32.1. The normalized spacial score (nSPS) is 17.6. The van der Waals surface area contributed by atoms with Gasteiger partial charge < -0.3 is 19.1 Å². The Balaban J connectivity index is 1.41. The van der Waals surface area contributed by atoms with Gasteiger partial charge in [-0.05, 0) is 47.3 Å². The molecule has 178 valence electrons. The van der Waals surface area contributed by atoms with Gasteiger partial charge >= 0.3 is 0 Å². The number of amides is 1. The summed E-state index contributed by atoms with van der Waals surface area (Å²) in [5.41, 5.74) is 3.33. The van der Waals surface area contributed by atoms with Gasteiger partial charge in [0, 0.05) is 39.7 Å². The molecule has 1 unspecified atom stereocenters. The maximum atomic E-state index is 13.8. The van der Waals surface area contributed by atoms with Gasteiger partial charge in [0.15, 0.2) is 11.5 Å². The van der Waals surface area contributed by atoms with Crippen LogP contribution in [0.15, 0.2) is 66.0 Å². The summed E-state index contributed by atoms with van der Waals surface area (Å²) in [6, 6.07) is 18.2. The first-order chi connectivity index (χ1) is 17.2. The van der Waals surface area contributed by atoms with Crippen molar-refractivity contribution in [1.29, 1.82) is 0 Å². The summed E-state index contributed by atoms with van der Waals surface area (Å²) in [6.45, 7) is 2.29. The Hall–Kier alpha value is -3.42. The average molecular weight is 490 g/mol. The Morgan fingerprint density at radius 1 is 1.09 bits per heavy atom. The molecule has 2 aliphatic heterocycles. The van der Waals surface area contributed by atoms with Gasteiger partial charge in [-0.25, -0.2) is 4.39 Å². The van der Waals surface area contributed by atoms with Crippen molar-refractivity contribution in [2.24, 2.45) is 0 Å². The van der Waals surface area contributed by atoms with E-state index in [0.29, 0.717) is 50.0 Å². The summed E-state index contributed by atoms with van der Waals surface area (Å²) >= 11 is 1.70. The van der Waals surface area contributed by atoms with Gasteiger partial charge in [-0.15, -0.1) is 11.3 Å². The molecular formula is C28H24FNO4S. The van der Waals surface area contributed by atoms with Gasteiger partial charge in [-0.2, -0.15) is 0 Å². The minimum atomic E-state index is -0.427. The zero-order valence-corrected chi connectivity index (χ0v) is 19.9. The highest BCUT2D eigenvalue weighted by Gasteiger charge is 2.27. The minimum absolute atomic E-state index is 0.0366. The van der Waals surface area contributed by atoms with E-state index in [1.54, 1.807) is 28.4 Å². The van der Waals surface area contributed by atoms with Gasteiger partial charge in [-0.3, -0.25) is 4.79 Å². The number of benzene rings is 3. The molecule has 0 aliphatic carbocycles. The van der Waals surface area contributed by atoms with Crippen LogP contribution < -0.4 is 9.47 Å². The standard InChI is InChI=1S/C28H24FNO4S/c29-21-5-3-4-18(13-21)28(31)30-9-11-33-27-20(15-30)12-19(14-25(27)34-22-8-10-32-16-22)24-17-35-26-7-2-1-6-23(24)26/h1-7,12-14,17,22H,8-11,15-16H2. The van der Waals surface area contributed by atoms with Gasteiger partial charge in [-0.1, -0.05) is 24.3 Å². The molecule has 2 aliphatic rings. The quantitative estimate of drug-likeness (QED) is 0.358. The SMILES string of the molecule is O=C(c1cccc(F)c1)N1CCOc2c(cc(-c3csc4ccccc34)cc2OC2CCOC2)C1. The highest BCUT2D eigenvalue weighted by Crippen LogP contribution is 2.42. The number of hydrogen-bond donors (Lipinski definition) is 0. The number of nitrogens with zero attached hydrogens (tertiary/aromatic N) is 1. The number of thiophene rings is 1. The minimum Gasteiger partial charge on any atom is -0.487 e. The van der Waals surface area contributed by atoms with E-state index in [-0.39, 0.29) is 12.0 Å². The number of fused-ring (bicyclic) bond motifs is 2. The molecule has 3 heterocycles. The van der Waals surface area contributed by atoms with Crippen LogP contribution in [0.4, 0.5) is 4.39 Å². The molecule has 7 heteroatoms. The molecule has 1 aromatic heterocycles. The molecule has 1 amide bonds. The molecule has 0 bridgehead atoms. The lowest BCUT2D eigenvalue weighted by Crippen LogP contribution is -2.32. The molecule has 0 spiro atoms. The summed E-state index contributed by atoms with van der Waals surface area (Å²) in [7, 11) is 0. The molecule has 0 N–H and O–H groups in total. The largest absolute Gasteiger partial charge is 0.487 e. The second kappa shape index (κ2) is 9.32. The van der Waals surface area contributed by atoms with Crippen molar-refractivity contribution >= 4 is 27.3 Å². The zero-order chi connectivity index (χ0) is 23.8. The van der Waals surface area contributed by atoms with Crippen LogP contribution >= 0.6 is 11.3 Å². The molecule has 4 aromatic rings. The molecule has 6 rings (SSSR count). The molecule has 0 saturated carbocycles. The van der Waals surface area contributed by atoms with E-state index in [1.165, 1.54) is 22.2 Å². The zero-order valence-electron chi connectivity index (χ0n) is 19.0. The molecule has 1 fully saturated rings. The van der Waals surface area contributed by atoms with E-state index in [1.807, 2.05) is 18.2 Å². The third-order valence-corrected chi connectivity index (χ3v) is 7.40. The van der Waals surface area contributed by atoms with E-state index < -0.39 is 5.82 Å². The lowest BCUT2D eigenvalue weighted by atomic mass is 10.0. The van der Waals surface area contributed by atoms with Crippen LogP contribution in [-0.4, -0.2) is 43.3 Å².